The second kappa shape index (κ2) is 9.93. The average molecular weight is 621 g/mol. The highest BCUT2D eigenvalue weighted by Gasteiger charge is 2.66. The molecular weight excluding hydrogens is 586 g/mol. The second-order valence-corrected chi connectivity index (χ2v) is 12.3. The summed E-state index contributed by atoms with van der Waals surface area (Å²) in [5, 5.41) is 9.71. The molecular formula is C29H34FIN2O4. The number of hydrogen-bond acceptors (Lipinski definition) is 4. The van der Waals surface area contributed by atoms with Gasteiger partial charge in [0.1, 0.15) is 5.67 Å². The number of nitrogens with zero attached hydrogens (tertiary/aromatic N) is 2. The zero-order valence-corrected chi connectivity index (χ0v) is 23.7. The SMILES string of the molecule is C[C@@H]1[C@@H](C(C)(C)F)[C@H](CC(=O)N2CCC[C@H]2CO)O[C@@]12C(=O)N(Cc1cccc(I)c1)c1ccccc12. The molecule has 5 atom stereocenters. The number of fused-ring (bicyclic) bond motifs is 2. The van der Waals surface area contributed by atoms with E-state index in [2.05, 4.69) is 22.6 Å². The summed E-state index contributed by atoms with van der Waals surface area (Å²) < 4.78 is 23.6. The van der Waals surface area contributed by atoms with E-state index in [0.717, 1.165) is 33.2 Å². The number of halogens is 2. The Morgan fingerprint density at radius 2 is 2.00 bits per heavy atom. The van der Waals surface area contributed by atoms with Gasteiger partial charge in [-0.25, -0.2) is 4.39 Å². The van der Waals surface area contributed by atoms with Crippen molar-refractivity contribution in [1.82, 2.24) is 4.90 Å². The number of hydrogen-bond donors (Lipinski definition) is 1. The molecule has 3 aliphatic heterocycles. The maximum Gasteiger partial charge on any atom is 0.264 e. The Hall–Kier alpha value is -2.04. The molecule has 1 N–H and O–H groups in total. The minimum absolute atomic E-state index is 0.0209. The van der Waals surface area contributed by atoms with E-state index >= 15 is 4.39 Å². The zero-order valence-electron chi connectivity index (χ0n) is 21.5. The van der Waals surface area contributed by atoms with E-state index in [4.69, 9.17) is 4.74 Å². The van der Waals surface area contributed by atoms with Crippen LogP contribution in [-0.2, 0) is 26.5 Å². The van der Waals surface area contributed by atoms with E-state index in [0.29, 0.717) is 13.1 Å². The molecule has 198 valence electrons. The standard InChI is InChI=1S/C29H34FIN2O4/c1-18-26(28(2,3)30)24(15-25(35)32-13-7-10-21(32)17-34)37-29(18)22-11-4-5-12-23(22)33(27(29)36)16-19-8-6-9-20(31)14-19/h4-6,8-9,11-12,14,18,21,24,26,34H,7,10,13,15-17H2,1-3H3/t18-,21+,24+,26-,29+/m1/s1. The van der Waals surface area contributed by atoms with Gasteiger partial charge in [0.15, 0.2) is 5.60 Å². The molecule has 0 radical (unpaired) electrons. The van der Waals surface area contributed by atoms with Gasteiger partial charge < -0.3 is 19.6 Å². The molecule has 0 aromatic heterocycles. The van der Waals surface area contributed by atoms with Gasteiger partial charge in [-0.3, -0.25) is 9.59 Å². The third-order valence-corrected chi connectivity index (χ3v) is 9.05. The Balaban J connectivity index is 1.51. The lowest BCUT2D eigenvalue weighted by Crippen LogP contribution is -2.45. The first-order valence-corrected chi connectivity index (χ1v) is 14.1. The van der Waals surface area contributed by atoms with Crippen LogP contribution in [0.1, 0.15) is 51.2 Å². The maximum atomic E-state index is 15.8. The van der Waals surface area contributed by atoms with E-state index in [9.17, 15) is 14.7 Å². The van der Waals surface area contributed by atoms with Crippen LogP contribution in [0, 0.1) is 15.4 Å². The number of anilines is 1. The molecule has 37 heavy (non-hydrogen) atoms. The van der Waals surface area contributed by atoms with Gasteiger partial charge in [0.05, 0.1) is 37.4 Å². The average Bonchev–Trinajstić information content (AvgIpc) is 3.50. The van der Waals surface area contributed by atoms with Crippen LogP contribution >= 0.6 is 22.6 Å². The third-order valence-electron chi connectivity index (χ3n) is 8.38. The lowest BCUT2D eigenvalue weighted by atomic mass is 9.71. The minimum atomic E-state index is -1.67. The van der Waals surface area contributed by atoms with Crippen LogP contribution in [0.2, 0.25) is 0 Å². The van der Waals surface area contributed by atoms with Gasteiger partial charge in [-0.05, 0) is 73.0 Å². The molecule has 0 bridgehead atoms. The van der Waals surface area contributed by atoms with E-state index in [1.54, 1.807) is 9.80 Å². The van der Waals surface area contributed by atoms with Crippen LogP contribution in [0.25, 0.3) is 0 Å². The predicted octanol–water partition coefficient (Wildman–Crippen LogP) is 4.81. The van der Waals surface area contributed by atoms with Gasteiger partial charge in [0.2, 0.25) is 5.91 Å². The number of likely N-dealkylation sites (tertiary alicyclic amines) is 1. The Kier molecular flexibility index (Phi) is 7.13. The maximum absolute atomic E-state index is 15.8. The highest BCUT2D eigenvalue weighted by Crippen LogP contribution is 2.58. The van der Waals surface area contributed by atoms with Gasteiger partial charge in [0.25, 0.3) is 5.91 Å². The van der Waals surface area contributed by atoms with Crippen molar-refractivity contribution in [2.75, 3.05) is 18.1 Å². The molecule has 0 saturated carbocycles. The Labute approximate surface area is 231 Å². The van der Waals surface area contributed by atoms with E-state index in [1.165, 1.54) is 13.8 Å². The molecule has 2 fully saturated rings. The number of alkyl halides is 1. The van der Waals surface area contributed by atoms with Crippen molar-refractivity contribution >= 4 is 40.1 Å². The molecule has 2 aromatic carbocycles. The third kappa shape index (κ3) is 4.48. The molecule has 5 rings (SSSR count). The number of ether oxygens (including phenoxy) is 1. The van der Waals surface area contributed by atoms with Gasteiger partial charge in [-0.2, -0.15) is 0 Å². The zero-order chi connectivity index (χ0) is 26.5. The lowest BCUT2D eigenvalue weighted by molar-refractivity contribution is -0.150. The summed E-state index contributed by atoms with van der Waals surface area (Å²) in [5.41, 5.74) is -0.542. The molecule has 2 aromatic rings. The number of carbonyl (C=O) groups is 2. The Bertz CT molecular complexity index is 1200. The predicted molar refractivity (Wildman–Crippen MR) is 148 cm³/mol. The van der Waals surface area contributed by atoms with Gasteiger partial charge in [-0.15, -0.1) is 0 Å². The fourth-order valence-electron chi connectivity index (χ4n) is 6.82. The summed E-state index contributed by atoms with van der Waals surface area (Å²) in [7, 11) is 0. The number of aliphatic hydroxyl groups is 1. The van der Waals surface area contributed by atoms with Crippen molar-refractivity contribution in [2.24, 2.45) is 11.8 Å². The fourth-order valence-corrected chi connectivity index (χ4v) is 7.43. The van der Waals surface area contributed by atoms with Crippen LogP contribution in [0.5, 0.6) is 0 Å². The van der Waals surface area contributed by atoms with Gasteiger partial charge >= 0.3 is 0 Å². The summed E-state index contributed by atoms with van der Waals surface area (Å²) in [4.78, 5) is 31.1. The monoisotopic (exact) mass is 620 g/mol. The summed E-state index contributed by atoms with van der Waals surface area (Å²) >= 11 is 2.26. The molecule has 2 saturated heterocycles. The normalized spacial score (nSPS) is 29.4. The minimum Gasteiger partial charge on any atom is -0.394 e. The van der Waals surface area contributed by atoms with Crippen LogP contribution in [0.3, 0.4) is 0 Å². The van der Waals surface area contributed by atoms with Crippen molar-refractivity contribution in [1.29, 1.82) is 0 Å². The summed E-state index contributed by atoms with van der Waals surface area (Å²) in [6.07, 6.45) is 0.801. The van der Waals surface area contributed by atoms with Crippen LogP contribution < -0.4 is 4.90 Å². The van der Waals surface area contributed by atoms with E-state index < -0.39 is 29.2 Å². The molecule has 3 aliphatic rings. The highest BCUT2D eigenvalue weighted by molar-refractivity contribution is 14.1. The van der Waals surface area contributed by atoms with E-state index in [-0.39, 0.29) is 30.9 Å². The van der Waals surface area contributed by atoms with Gasteiger partial charge in [0, 0.05) is 27.5 Å². The number of rotatable bonds is 6. The Morgan fingerprint density at radius 1 is 1.24 bits per heavy atom. The van der Waals surface area contributed by atoms with Crippen molar-refractivity contribution < 1.29 is 23.8 Å². The summed E-state index contributed by atoms with van der Waals surface area (Å²) in [6, 6.07) is 15.4. The van der Waals surface area contributed by atoms with Crippen LogP contribution in [0.4, 0.5) is 10.1 Å². The topological polar surface area (TPSA) is 70.1 Å². The number of carbonyl (C=O) groups excluding carboxylic acids is 2. The van der Waals surface area contributed by atoms with Crippen molar-refractivity contribution in [3.8, 4) is 0 Å². The number of para-hydroxylation sites is 1. The fraction of sp³-hybridized carbons (Fsp3) is 0.517. The molecule has 2 amide bonds. The van der Waals surface area contributed by atoms with Gasteiger partial charge in [-0.1, -0.05) is 37.3 Å². The van der Waals surface area contributed by atoms with Crippen molar-refractivity contribution in [3.05, 3.63) is 63.2 Å². The quantitative estimate of drug-likeness (QED) is 0.472. The number of benzene rings is 2. The molecule has 0 unspecified atom stereocenters. The summed E-state index contributed by atoms with van der Waals surface area (Å²) in [6.45, 7) is 5.77. The molecule has 0 aliphatic carbocycles. The largest absolute Gasteiger partial charge is 0.394 e. The first-order chi connectivity index (χ1) is 17.6. The summed E-state index contributed by atoms with van der Waals surface area (Å²) in [5.74, 6) is -1.53. The molecule has 6 nitrogen and oxygen atoms in total. The molecule has 1 spiro atoms. The molecule has 3 heterocycles. The number of amides is 2. The first-order valence-electron chi connectivity index (χ1n) is 13.0. The van der Waals surface area contributed by atoms with Crippen molar-refractivity contribution in [2.45, 2.75) is 70.0 Å². The number of aliphatic hydroxyl groups excluding tert-OH is 1. The van der Waals surface area contributed by atoms with E-state index in [1.807, 2.05) is 55.5 Å². The van der Waals surface area contributed by atoms with Crippen LogP contribution in [-0.4, -0.2) is 52.8 Å². The Morgan fingerprint density at radius 3 is 2.70 bits per heavy atom. The first kappa shape index (κ1) is 26.6. The second-order valence-electron chi connectivity index (χ2n) is 11.1. The smallest absolute Gasteiger partial charge is 0.264 e. The molecule has 8 heteroatoms. The lowest BCUT2D eigenvalue weighted by Gasteiger charge is -2.32. The van der Waals surface area contributed by atoms with Crippen LogP contribution in [0.15, 0.2) is 48.5 Å². The van der Waals surface area contributed by atoms with Crippen molar-refractivity contribution in [3.63, 3.8) is 0 Å². The highest BCUT2D eigenvalue weighted by atomic mass is 127.